The van der Waals surface area contributed by atoms with Crippen LogP contribution in [0.15, 0.2) is 18.2 Å². The van der Waals surface area contributed by atoms with Gasteiger partial charge in [0, 0.05) is 12.7 Å². The fourth-order valence-corrected chi connectivity index (χ4v) is 1.38. The lowest BCUT2D eigenvalue weighted by atomic mass is 10.2. The topological polar surface area (TPSA) is 75.6 Å². The largest absolute Gasteiger partial charge is 0.479 e. The van der Waals surface area contributed by atoms with Gasteiger partial charge in [-0.05, 0) is 18.2 Å². The first kappa shape index (κ1) is 14.4. The zero-order valence-corrected chi connectivity index (χ0v) is 10.2. The summed E-state index contributed by atoms with van der Waals surface area (Å²) in [6, 6.07) is 3.47. The highest BCUT2D eigenvalue weighted by Gasteiger charge is 2.17. The number of methoxy groups -OCH3 is 1. The van der Waals surface area contributed by atoms with E-state index in [1.807, 2.05) is 0 Å². The van der Waals surface area contributed by atoms with E-state index in [1.165, 1.54) is 13.2 Å². The fourth-order valence-electron chi connectivity index (χ4n) is 1.20. The molecule has 0 aliphatic carbocycles. The van der Waals surface area contributed by atoms with Crippen LogP contribution in [-0.4, -0.2) is 36.7 Å². The summed E-state index contributed by atoms with van der Waals surface area (Å²) in [4.78, 5) is 22.2. The Hall–Kier alpha value is -1.66. The Balaban J connectivity index is 2.65. The number of aliphatic carboxylic acids is 1. The van der Waals surface area contributed by atoms with Crippen molar-refractivity contribution in [3.8, 4) is 0 Å². The van der Waals surface area contributed by atoms with Crippen molar-refractivity contribution in [3.05, 3.63) is 34.6 Å². The molecule has 2 N–H and O–H groups in total. The van der Waals surface area contributed by atoms with Crippen molar-refractivity contribution in [1.29, 1.82) is 0 Å². The molecule has 1 aromatic rings. The van der Waals surface area contributed by atoms with Gasteiger partial charge in [-0.1, -0.05) is 11.6 Å². The first-order valence-electron chi connectivity index (χ1n) is 4.94. The molecule has 0 aliphatic heterocycles. The first-order valence-corrected chi connectivity index (χ1v) is 5.32. The molecule has 0 fully saturated rings. The van der Waals surface area contributed by atoms with Crippen LogP contribution in [0.25, 0.3) is 0 Å². The number of rotatable bonds is 5. The van der Waals surface area contributed by atoms with Crippen molar-refractivity contribution in [2.24, 2.45) is 0 Å². The normalized spacial score (nSPS) is 11.9. The van der Waals surface area contributed by atoms with E-state index in [-0.39, 0.29) is 17.1 Å². The summed E-state index contributed by atoms with van der Waals surface area (Å²) in [5, 5.41) is 10.9. The monoisotopic (exact) mass is 275 g/mol. The van der Waals surface area contributed by atoms with Gasteiger partial charge in [0.15, 0.2) is 6.10 Å². The summed E-state index contributed by atoms with van der Waals surface area (Å²) in [6.07, 6.45) is -1.13. The molecule has 0 heterocycles. The number of ether oxygens (including phenoxy) is 1. The molecule has 0 bridgehead atoms. The van der Waals surface area contributed by atoms with Gasteiger partial charge in [0.05, 0.1) is 11.6 Å². The van der Waals surface area contributed by atoms with Gasteiger partial charge in [0.1, 0.15) is 5.82 Å². The highest BCUT2D eigenvalue weighted by molar-refractivity contribution is 6.31. The third-order valence-corrected chi connectivity index (χ3v) is 2.48. The summed E-state index contributed by atoms with van der Waals surface area (Å²) in [6.45, 7) is -0.195. The third kappa shape index (κ3) is 3.68. The number of benzene rings is 1. The highest BCUT2D eigenvalue weighted by Crippen LogP contribution is 2.15. The maximum Gasteiger partial charge on any atom is 0.334 e. The molecule has 0 radical (unpaired) electrons. The SMILES string of the molecule is COC(CNC(=O)c1ccc(F)c(Cl)c1)C(=O)O. The smallest absolute Gasteiger partial charge is 0.334 e. The van der Waals surface area contributed by atoms with Gasteiger partial charge in [0.25, 0.3) is 5.91 Å². The number of halogens is 2. The Labute approximate surface area is 108 Å². The molecule has 0 spiro atoms. The zero-order valence-electron chi connectivity index (χ0n) is 9.44. The van der Waals surface area contributed by atoms with E-state index in [0.717, 1.165) is 12.1 Å². The molecule has 0 saturated heterocycles. The van der Waals surface area contributed by atoms with Gasteiger partial charge in [-0.3, -0.25) is 4.79 Å². The lowest BCUT2D eigenvalue weighted by Crippen LogP contribution is -2.37. The number of hydrogen-bond acceptors (Lipinski definition) is 3. The van der Waals surface area contributed by atoms with Crippen molar-refractivity contribution in [2.45, 2.75) is 6.10 Å². The van der Waals surface area contributed by atoms with E-state index in [4.69, 9.17) is 16.7 Å². The van der Waals surface area contributed by atoms with Crippen molar-refractivity contribution < 1.29 is 23.8 Å². The van der Waals surface area contributed by atoms with Crippen LogP contribution < -0.4 is 5.32 Å². The van der Waals surface area contributed by atoms with Gasteiger partial charge >= 0.3 is 5.97 Å². The van der Waals surface area contributed by atoms with Crippen molar-refractivity contribution in [2.75, 3.05) is 13.7 Å². The van der Waals surface area contributed by atoms with Crippen molar-refractivity contribution in [1.82, 2.24) is 5.32 Å². The number of carboxylic acid groups (broad SMARTS) is 1. The number of carbonyl (C=O) groups is 2. The number of carbonyl (C=O) groups excluding carboxylic acids is 1. The molecular weight excluding hydrogens is 265 g/mol. The van der Waals surface area contributed by atoms with E-state index >= 15 is 0 Å². The van der Waals surface area contributed by atoms with Crippen LogP contribution in [0.5, 0.6) is 0 Å². The molecule has 7 heteroatoms. The molecule has 1 unspecified atom stereocenters. The molecule has 1 atom stereocenters. The number of nitrogens with one attached hydrogen (secondary N) is 1. The first-order chi connectivity index (χ1) is 8.45. The standard InChI is InChI=1S/C11H11ClFNO4/c1-18-9(11(16)17)5-14-10(15)6-2-3-8(13)7(12)4-6/h2-4,9H,5H2,1H3,(H,14,15)(H,16,17). The molecule has 0 aromatic heterocycles. The van der Waals surface area contributed by atoms with Crippen LogP contribution in [0.3, 0.4) is 0 Å². The van der Waals surface area contributed by atoms with Crippen molar-refractivity contribution in [3.63, 3.8) is 0 Å². The summed E-state index contributed by atoms with van der Waals surface area (Å²) < 4.78 is 17.5. The summed E-state index contributed by atoms with van der Waals surface area (Å²) in [5.74, 6) is -2.37. The average molecular weight is 276 g/mol. The lowest BCUT2D eigenvalue weighted by Gasteiger charge is -2.11. The Bertz CT molecular complexity index is 466. The Kier molecular flexibility index (Phi) is 5.06. The van der Waals surface area contributed by atoms with E-state index < -0.39 is 23.8 Å². The number of hydrogen-bond donors (Lipinski definition) is 2. The summed E-state index contributed by atoms with van der Waals surface area (Å²) in [5.41, 5.74) is 0.140. The maximum absolute atomic E-state index is 12.9. The van der Waals surface area contributed by atoms with Crippen LogP contribution in [-0.2, 0) is 9.53 Å². The summed E-state index contributed by atoms with van der Waals surface area (Å²) >= 11 is 5.52. The van der Waals surface area contributed by atoms with E-state index in [9.17, 15) is 14.0 Å². The van der Waals surface area contributed by atoms with Crippen LogP contribution in [0, 0.1) is 5.82 Å². The van der Waals surface area contributed by atoms with Gasteiger partial charge in [-0.2, -0.15) is 0 Å². The fraction of sp³-hybridized carbons (Fsp3) is 0.273. The zero-order chi connectivity index (χ0) is 13.7. The molecule has 1 rings (SSSR count). The van der Waals surface area contributed by atoms with E-state index in [1.54, 1.807) is 0 Å². The third-order valence-electron chi connectivity index (χ3n) is 2.19. The molecular formula is C11H11ClFNO4. The van der Waals surface area contributed by atoms with E-state index in [0.29, 0.717) is 0 Å². The number of carboxylic acids is 1. The maximum atomic E-state index is 12.9. The minimum atomic E-state index is -1.19. The molecule has 0 aliphatic rings. The molecule has 98 valence electrons. The Morgan fingerprint density at radius 3 is 2.72 bits per heavy atom. The second-order valence-electron chi connectivity index (χ2n) is 3.40. The Morgan fingerprint density at radius 2 is 2.22 bits per heavy atom. The average Bonchev–Trinajstić information content (AvgIpc) is 2.32. The molecule has 0 saturated carbocycles. The van der Waals surface area contributed by atoms with Gasteiger partial charge < -0.3 is 15.2 Å². The quantitative estimate of drug-likeness (QED) is 0.849. The summed E-state index contributed by atoms with van der Waals surface area (Å²) in [7, 11) is 1.22. The molecule has 18 heavy (non-hydrogen) atoms. The minimum absolute atomic E-state index is 0.140. The molecule has 1 aromatic carbocycles. The number of amides is 1. The Morgan fingerprint density at radius 1 is 1.56 bits per heavy atom. The van der Waals surface area contributed by atoms with E-state index in [2.05, 4.69) is 10.1 Å². The van der Waals surface area contributed by atoms with Gasteiger partial charge in [0.2, 0.25) is 0 Å². The lowest BCUT2D eigenvalue weighted by molar-refractivity contribution is -0.148. The predicted octanol–water partition coefficient (Wildman–Crippen LogP) is 1.31. The van der Waals surface area contributed by atoms with Gasteiger partial charge in [-0.25, -0.2) is 9.18 Å². The van der Waals surface area contributed by atoms with Crippen LogP contribution >= 0.6 is 11.6 Å². The van der Waals surface area contributed by atoms with Crippen molar-refractivity contribution >= 4 is 23.5 Å². The van der Waals surface area contributed by atoms with Crippen LogP contribution in [0.4, 0.5) is 4.39 Å². The minimum Gasteiger partial charge on any atom is -0.479 e. The highest BCUT2D eigenvalue weighted by atomic mass is 35.5. The van der Waals surface area contributed by atoms with Crippen LogP contribution in [0.1, 0.15) is 10.4 Å². The van der Waals surface area contributed by atoms with Crippen LogP contribution in [0.2, 0.25) is 5.02 Å². The molecule has 1 amide bonds. The second-order valence-corrected chi connectivity index (χ2v) is 3.81. The molecule has 5 nitrogen and oxygen atoms in total. The predicted molar refractivity (Wildman–Crippen MR) is 62.2 cm³/mol. The van der Waals surface area contributed by atoms with Gasteiger partial charge in [-0.15, -0.1) is 0 Å². The second kappa shape index (κ2) is 6.32.